The summed E-state index contributed by atoms with van der Waals surface area (Å²) >= 11 is 0. The predicted octanol–water partition coefficient (Wildman–Crippen LogP) is 2.25. The van der Waals surface area contributed by atoms with Crippen molar-refractivity contribution < 1.29 is 0 Å². The molecule has 5 nitrogen and oxygen atoms in total. The third-order valence-electron chi connectivity index (χ3n) is 3.54. The van der Waals surface area contributed by atoms with E-state index in [-0.39, 0.29) is 5.69 Å². The zero-order valence-corrected chi connectivity index (χ0v) is 11.7. The number of hydrogen-bond donors (Lipinski definition) is 1. The van der Waals surface area contributed by atoms with Gasteiger partial charge < -0.3 is 5.32 Å². The number of hydrogen-bond acceptors (Lipinski definition) is 3. The summed E-state index contributed by atoms with van der Waals surface area (Å²) in [5.74, 6) is 0. The summed E-state index contributed by atoms with van der Waals surface area (Å²) in [6, 6.07) is 4.39. The number of aromatic nitrogens is 3. The Bertz CT molecular complexity index is 639. The minimum atomic E-state index is 0.0706. The SMILES string of the molecule is CCCNc1ccnc(Cn2ccn(C3CC3)c2=O)c1. The summed E-state index contributed by atoms with van der Waals surface area (Å²) in [5.41, 5.74) is 2.04. The van der Waals surface area contributed by atoms with E-state index in [1.807, 2.05) is 29.1 Å². The Labute approximate surface area is 118 Å². The Morgan fingerprint density at radius 2 is 2.25 bits per heavy atom. The molecule has 0 aliphatic heterocycles. The van der Waals surface area contributed by atoms with Gasteiger partial charge in [-0.15, -0.1) is 0 Å². The lowest BCUT2D eigenvalue weighted by Crippen LogP contribution is -2.24. The standard InChI is InChI=1S/C15H20N4O/c1-2-6-16-12-5-7-17-13(10-12)11-18-8-9-19(15(18)20)14-3-4-14/h5,7-10,14H,2-4,6,11H2,1H3,(H,16,17). The van der Waals surface area contributed by atoms with Crippen molar-refractivity contribution >= 4 is 5.69 Å². The largest absolute Gasteiger partial charge is 0.385 e. The van der Waals surface area contributed by atoms with Gasteiger partial charge in [0.2, 0.25) is 0 Å². The molecule has 1 N–H and O–H groups in total. The van der Waals surface area contributed by atoms with Gasteiger partial charge in [-0.3, -0.25) is 14.1 Å². The molecule has 106 valence electrons. The Morgan fingerprint density at radius 1 is 1.40 bits per heavy atom. The smallest absolute Gasteiger partial charge is 0.328 e. The first-order chi connectivity index (χ1) is 9.78. The quantitative estimate of drug-likeness (QED) is 0.877. The lowest BCUT2D eigenvalue weighted by atomic mass is 10.3. The molecule has 0 saturated heterocycles. The van der Waals surface area contributed by atoms with Crippen molar-refractivity contribution in [2.24, 2.45) is 0 Å². The van der Waals surface area contributed by atoms with E-state index in [2.05, 4.69) is 17.2 Å². The summed E-state index contributed by atoms with van der Waals surface area (Å²) in [5, 5.41) is 3.34. The summed E-state index contributed by atoms with van der Waals surface area (Å²) in [6.45, 7) is 3.61. The van der Waals surface area contributed by atoms with E-state index in [1.54, 1.807) is 10.8 Å². The van der Waals surface area contributed by atoms with Crippen LogP contribution >= 0.6 is 0 Å². The van der Waals surface area contributed by atoms with E-state index in [0.717, 1.165) is 37.2 Å². The molecule has 0 bridgehead atoms. The number of pyridine rings is 1. The molecular formula is C15H20N4O. The highest BCUT2D eigenvalue weighted by Gasteiger charge is 2.25. The normalized spacial score (nSPS) is 14.4. The minimum absolute atomic E-state index is 0.0706. The highest BCUT2D eigenvalue weighted by molar-refractivity contribution is 5.43. The van der Waals surface area contributed by atoms with Crippen molar-refractivity contribution in [3.8, 4) is 0 Å². The van der Waals surface area contributed by atoms with Gasteiger partial charge in [0.1, 0.15) is 0 Å². The van der Waals surface area contributed by atoms with Crippen molar-refractivity contribution in [1.29, 1.82) is 0 Å². The molecule has 3 rings (SSSR count). The minimum Gasteiger partial charge on any atom is -0.385 e. The van der Waals surface area contributed by atoms with Crippen LogP contribution in [0.1, 0.15) is 37.9 Å². The van der Waals surface area contributed by atoms with Crippen molar-refractivity contribution in [3.63, 3.8) is 0 Å². The van der Waals surface area contributed by atoms with Gasteiger partial charge in [0.25, 0.3) is 0 Å². The lowest BCUT2D eigenvalue weighted by molar-refractivity contribution is 0.651. The van der Waals surface area contributed by atoms with Crippen LogP contribution in [0.2, 0.25) is 0 Å². The zero-order chi connectivity index (χ0) is 13.9. The summed E-state index contributed by atoms with van der Waals surface area (Å²) in [6.07, 6.45) is 8.86. The molecule has 1 saturated carbocycles. The Balaban J connectivity index is 1.75. The van der Waals surface area contributed by atoms with Crippen LogP contribution in [0.15, 0.2) is 35.5 Å². The molecule has 0 atom stereocenters. The molecule has 2 aromatic heterocycles. The van der Waals surface area contributed by atoms with Gasteiger partial charge >= 0.3 is 5.69 Å². The van der Waals surface area contributed by atoms with Crippen LogP contribution in [0.25, 0.3) is 0 Å². The molecule has 0 unspecified atom stereocenters. The molecule has 1 aliphatic rings. The van der Waals surface area contributed by atoms with Crippen molar-refractivity contribution in [3.05, 3.63) is 46.9 Å². The van der Waals surface area contributed by atoms with Crippen LogP contribution in [0.3, 0.4) is 0 Å². The van der Waals surface area contributed by atoms with Gasteiger partial charge in [-0.05, 0) is 31.4 Å². The van der Waals surface area contributed by atoms with E-state index in [0.29, 0.717) is 12.6 Å². The number of anilines is 1. The van der Waals surface area contributed by atoms with Gasteiger partial charge in [0.15, 0.2) is 0 Å². The van der Waals surface area contributed by atoms with Crippen LogP contribution < -0.4 is 11.0 Å². The van der Waals surface area contributed by atoms with Gasteiger partial charge in [-0.25, -0.2) is 4.79 Å². The zero-order valence-electron chi connectivity index (χ0n) is 11.7. The molecule has 1 aliphatic carbocycles. The van der Waals surface area contributed by atoms with E-state index in [9.17, 15) is 4.79 Å². The van der Waals surface area contributed by atoms with Crippen molar-refractivity contribution in [2.75, 3.05) is 11.9 Å². The molecule has 0 spiro atoms. The summed E-state index contributed by atoms with van der Waals surface area (Å²) in [7, 11) is 0. The predicted molar refractivity (Wildman–Crippen MR) is 79.1 cm³/mol. The maximum Gasteiger partial charge on any atom is 0.328 e. The van der Waals surface area contributed by atoms with Gasteiger partial charge in [-0.2, -0.15) is 0 Å². The molecule has 0 amide bonds. The molecule has 1 fully saturated rings. The van der Waals surface area contributed by atoms with Crippen LogP contribution in [-0.4, -0.2) is 20.7 Å². The van der Waals surface area contributed by atoms with Crippen molar-refractivity contribution in [1.82, 2.24) is 14.1 Å². The van der Waals surface area contributed by atoms with Crippen molar-refractivity contribution in [2.45, 2.75) is 38.8 Å². The number of nitrogens with zero attached hydrogens (tertiary/aromatic N) is 3. The first kappa shape index (κ1) is 13.0. The molecule has 2 heterocycles. The highest BCUT2D eigenvalue weighted by atomic mass is 16.1. The van der Waals surface area contributed by atoms with E-state index in [1.165, 1.54) is 0 Å². The lowest BCUT2D eigenvalue weighted by Gasteiger charge is -2.07. The second-order valence-corrected chi connectivity index (χ2v) is 5.31. The van der Waals surface area contributed by atoms with Gasteiger partial charge in [-0.1, -0.05) is 6.92 Å². The number of rotatable bonds is 6. The summed E-state index contributed by atoms with van der Waals surface area (Å²) < 4.78 is 3.56. The highest BCUT2D eigenvalue weighted by Crippen LogP contribution is 2.33. The Morgan fingerprint density at radius 3 is 3.00 bits per heavy atom. The van der Waals surface area contributed by atoms with E-state index >= 15 is 0 Å². The second-order valence-electron chi connectivity index (χ2n) is 5.31. The molecule has 5 heteroatoms. The topological polar surface area (TPSA) is 51.9 Å². The van der Waals surface area contributed by atoms with Crippen LogP contribution in [0.5, 0.6) is 0 Å². The fourth-order valence-corrected chi connectivity index (χ4v) is 2.30. The number of imidazole rings is 1. The third-order valence-corrected chi connectivity index (χ3v) is 3.54. The average molecular weight is 272 g/mol. The van der Waals surface area contributed by atoms with Crippen LogP contribution in [0, 0.1) is 0 Å². The second kappa shape index (κ2) is 5.53. The van der Waals surface area contributed by atoms with E-state index < -0.39 is 0 Å². The Kier molecular flexibility index (Phi) is 3.58. The monoisotopic (exact) mass is 272 g/mol. The van der Waals surface area contributed by atoms with Crippen LogP contribution in [0.4, 0.5) is 5.69 Å². The van der Waals surface area contributed by atoms with E-state index in [4.69, 9.17) is 0 Å². The number of nitrogens with one attached hydrogen (secondary N) is 1. The average Bonchev–Trinajstić information content (AvgIpc) is 3.24. The molecule has 20 heavy (non-hydrogen) atoms. The van der Waals surface area contributed by atoms with Gasteiger partial charge in [0, 0.05) is 36.9 Å². The Hall–Kier alpha value is -2.04. The first-order valence-electron chi connectivity index (χ1n) is 7.24. The van der Waals surface area contributed by atoms with Gasteiger partial charge in [0.05, 0.1) is 12.2 Å². The fraction of sp³-hybridized carbons (Fsp3) is 0.467. The maximum atomic E-state index is 12.2. The third kappa shape index (κ3) is 2.76. The molecule has 0 aromatic carbocycles. The first-order valence-corrected chi connectivity index (χ1v) is 7.24. The molecular weight excluding hydrogens is 252 g/mol. The van der Waals surface area contributed by atoms with Crippen LogP contribution in [-0.2, 0) is 6.54 Å². The molecule has 0 radical (unpaired) electrons. The maximum absolute atomic E-state index is 12.2. The molecule has 2 aromatic rings. The fourth-order valence-electron chi connectivity index (χ4n) is 2.30. The summed E-state index contributed by atoms with van der Waals surface area (Å²) in [4.78, 5) is 16.5.